The van der Waals surface area contributed by atoms with Gasteiger partial charge in [0.2, 0.25) is 0 Å². The first-order chi connectivity index (χ1) is 11.7. The minimum absolute atomic E-state index is 0.538. The second kappa shape index (κ2) is 7.93. The second-order valence-electron chi connectivity index (χ2n) is 5.64. The molecule has 0 amide bonds. The molecule has 24 heavy (non-hydrogen) atoms. The van der Waals surface area contributed by atoms with Crippen molar-refractivity contribution in [1.82, 2.24) is 5.32 Å². The van der Waals surface area contributed by atoms with E-state index < -0.39 is 0 Å². The van der Waals surface area contributed by atoms with E-state index in [1.165, 1.54) is 11.1 Å². The largest absolute Gasteiger partial charge is 0.496 e. The quantitative estimate of drug-likeness (QED) is 0.760. The lowest BCUT2D eigenvalue weighted by molar-refractivity contribution is 0.343. The molecule has 0 bridgehead atoms. The number of hydrogen-bond acceptors (Lipinski definition) is 3. The van der Waals surface area contributed by atoms with Gasteiger partial charge in [0.05, 0.1) is 12.1 Å². The Bertz CT molecular complexity index is 759. The molecule has 126 valence electrons. The van der Waals surface area contributed by atoms with E-state index in [0.717, 1.165) is 30.8 Å². The number of halogens is 2. The van der Waals surface area contributed by atoms with Crippen molar-refractivity contribution < 1.29 is 9.47 Å². The molecule has 1 aliphatic heterocycles. The third-order valence-electron chi connectivity index (χ3n) is 3.91. The van der Waals surface area contributed by atoms with Gasteiger partial charge in [-0.05, 0) is 48.4 Å². The molecule has 0 spiro atoms. The number of ether oxygens (including phenoxy) is 2. The van der Waals surface area contributed by atoms with Crippen LogP contribution in [0.5, 0.6) is 11.5 Å². The van der Waals surface area contributed by atoms with Crippen molar-refractivity contribution >= 4 is 29.3 Å². The van der Waals surface area contributed by atoms with E-state index in [4.69, 9.17) is 32.7 Å². The highest BCUT2D eigenvalue weighted by molar-refractivity contribution is 6.36. The van der Waals surface area contributed by atoms with Crippen molar-refractivity contribution in [3.63, 3.8) is 0 Å². The van der Waals surface area contributed by atoms with E-state index in [0.29, 0.717) is 22.4 Å². The van der Waals surface area contributed by atoms with E-state index in [-0.39, 0.29) is 0 Å². The summed E-state index contributed by atoms with van der Waals surface area (Å²) in [6, 6.07) is 11.7. The molecular formula is C19H19Cl2NO2. The molecule has 1 heterocycles. The zero-order chi connectivity index (χ0) is 16.9. The molecule has 0 atom stereocenters. The third-order valence-corrected chi connectivity index (χ3v) is 4.41. The van der Waals surface area contributed by atoms with Crippen molar-refractivity contribution in [2.75, 3.05) is 26.8 Å². The smallest absolute Gasteiger partial charge is 0.145 e. The van der Waals surface area contributed by atoms with Gasteiger partial charge >= 0.3 is 0 Å². The van der Waals surface area contributed by atoms with Crippen molar-refractivity contribution in [1.29, 1.82) is 0 Å². The Morgan fingerprint density at radius 1 is 1.21 bits per heavy atom. The Balaban J connectivity index is 1.57. The molecule has 3 nitrogen and oxygen atoms in total. The molecule has 1 aliphatic rings. The second-order valence-corrected chi connectivity index (χ2v) is 6.48. The van der Waals surface area contributed by atoms with Crippen LogP contribution in [0.3, 0.4) is 0 Å². The maximum atomic E-state index is 6.15. The maximum absolute atomic E-state index is 6.15. The number of nitrogens with one attached hydrogen (secondary N) is 1. The topological polar surface area (TPSA) is 30.5 Å². The first-order valence-corrected chi connectivity index (χ1v) is 8.57. The zero-order valence-electron chi connectivity index (χ0n) is 13.4. The fourth-order valence-corrected chi connectivity index (χ4v) is 3.31. The molecule has 2 aromatic rings. The van der Waals surface area contributed by atoms with Crippen LogP contribution >= 0.6 is 23.2 Å². The molecule has 0 saturated carbocycles. The van der Waals surface area contributed by atoms with Gasteiger partial charge in [0.15, 0.2) is 0 Å². The molecule has 0 radical (unpaired) electrons. The summed E-state index contributed by atoms with van der Waals surface area (Å²) in [4.78, 5) is 0. The Labute approximate surface area is 152 Å². The van der Waals surface area contributed by atoms with Gasteiger partial charge in [0, 0.05) is 17.1 Å². The molecule has 1 N–H and O–H groups in total. The van der Waals surface area contributed by atoms with Gasteiger partial charge in [-0.15, -0.1) is 0 Å². The molecule has 0 aliphatic carbocycles. The molecular weight excluding hydrogens is 345 g/mol. The Hall–Kier alpha value is -1.68. The lowest BCUT2D eigenvalue weighted by Gasteiger charge is -2.20. The third kappa shape index (κ3) is 4.04. The normalized spacial score (nSPS) is 13.0. The number of rotatable bonds is 6. The van der Waals surface area contributed by atoms with E-state index in [9.17, 15) is 0 Å². The van der Waals surface area contributed by atoms with Crippen molar-refractivity contribution in [2.45, 2.75) is 6.42 Å². The van der Waals surface area contributed by atoms with Gasteiger partial charge in [-0.1, -0.05) is 41.4 Å². The Morgan fingerprint density at radius 3 is 2.88 bits per heavy atom. The fourth-order valence-electron chi connectivity index (χ4n) is 2.75. The van der Waals surface area contributed by atoms with Crippen molar-refractivity contribution in [3.8, 4) is 11.5 Å². The van der Waals surface area contributed by atoms with Crippen LogP contribution < -0.4 is 14.8 Å². The minimum atomic E-state index is 0.538. The molecule has 3 rings (SSSR count). The van der Waals surface area contributed by atoms with Crippen LogP contribution in [0.4, 0.5) is 0 Å². The van der Waals surface area contributed by atoms with E-state index in [1.807, 2.05) is 24.3 Å². The van der Waals surface area contributed by atoms with Crippen LogP contribution in [0, 0.1) is 0 Å². The highest BCUT2D eigenvalue weighted by Gasteiger charge is 2.15. The van der Waals surface area contributed by atoms with Crippen LogP contribution in [0.2, 0.25) is 10.0 Å². The first kappa shape index (κ1) is 17.2. The average Bonchev–Trinajstić information content (AvgIpc) is 2.58. The van der Waals surface area contributed by atoms with Crippen LogP contribution in [0.1, 0.15) is 11.1 Å². The monoisotopic (exact) mass is 363 g/mol. The van der Waals surface area contributed by atoms with E-state index in [1.54, 1.807) is 13.2 Å². The van der Waals surface area contributed by atoms with Crippen LogP contribution in [0.25, 0.3) is 6.08 Å². The summed E-state index contributed by atoms with van der Waals surface area (Å²) in [6.07, 6.45) is 3.00. The van der Waals surface area contributed by atoms with Gasteiger partial charge in [-0.2, -0.15) is 0 Å². The summed E-state index contributed by atoms with van der Waals surface area (Å²) < 4.78 is 11.1. The predicted molar refractivity (Wildman–Crippen MR) is 99.5 cm³/mol. The average molecular weight is 364 g/mol. The highest BCUT2D eigenvalue weighted by atomic mass is 35.5. The number of hydrogen-bond donors (Lipinski definition) is 1. The standard InChI is InChI=1S/C19H19Cl2NO2/c1-23-18-5-3-2-4-14(18)6-7-22-11-13-8-15-9-16(20)10-17(21)19(15)24-12-13/h2-5,8-10,22H,6-7,11-12H2,1H3. The van der Waals surface area contributed by atoms with Gasteiger partial charge < -0.3 is 14.8 Å². The summed E-state index contributed by atoms with van der Waals surface area (Å²) in [5.41, 5.74) is 3.30. The molecule has 0 saturated heterocycles. The molecule has 0 unspecified atom stereocenters. The molecule has 0 fully saturated rings. The van der Waals surface area contributed by atoms with Crippen molar-refractivity contribution in [2.24, 2.45) is 0 Å². The van der Waals surface area contributed by atoms with Crippen LogP contribution in [-0.2, 0) is 6.42 Å². The number of fused-ring (bicyclic) bond motifs is 1. The lowest BCUT2D eigenvalue weighted by Crippen LogP contribution is -2.23. The van der Waals surface area contributed by atoms with Gasteiger partial charge in [-0.3, -0.25) is 0 Å². The molecule has 5 heteroatoms. The predicted octanol–water partition coefficient (Wildman–Crippen LogP) is 4.61. The van der Waals surface area contributed by atoms with Crippen LogP contribution in [0.15, 0.2) is 42.0 Å². The lowest BCUT2D eigenvalue weighted by atomic mass is 10.1. The van der Waals surface area contributed by atoms with E-state index >= 15 is 0 Å². The summed E-state index contributed by atoms with van der Waals surface area (Å²) in [7, 11) is 1.70. The summed E-state index contributed by atoms with van der Waals surface area (Å²) in [6.45, 7) is 2.16. The van der Waals surface area contributed by atoms with Gasteiger partial charge in [0.1, 0.15) is 18.1 Å². The summed E-state index contributed by atoms with van der Waals surface area (Å²) >= 11 is 12.2. The SMILES string of the molecule is COc1ccccc1CCNCC1=Cc2cc(Cl)cc(Cl)c2OC1. The van der Waals surface area contributed by atoms with Gasteiger partial charge in [0.25, 0.3) is 0 Å². The van der Waals surface area contributed by atoms with E-state index in [2.05, 4.69) is 17.5 Å². The maximum Gasteiger partial charge on any atom is 0.145 e. The highest BCUT2D eigenvalue weighted by Crippen LogP contribution is 2.36. The number of methoxy groups -OCH3 is 1. The number of para-hydroxylation sites is 1. The molecule has 0 aromatic heterocycles. The Morgan fingerprint density at radius 2 is 2.04 bits per heavy atom. The Kier molecular flexibility index (Phi) is 5.67. The summed E-state index contributed by atoms with van der Waals surface area (Å²) in [5.74, 6) is 1.64. The molecule has 2 aromatic carbocycles. The zero-order valence-corrected chi connectivity index (χ0v) is 15.0. The summed E-state index contributed by atoms with van der Waals surface area (Å²) in [5, 5.41) is 4.61. The van der Waals surface area contributed by atoms with Crippen molar-refractivity contribution in [3.05, 3.63) is 63.1 Å². The number of benzene rings is 2. The fraction of sp³-hybridized carbons (Fsp3) is 0.263. The minimum Gasteiger partial charge on any atom is -0.496 e. The van der Waals surface area contributed by atoms with Crippen LogP contribution in [-0.4, -0.2) is 26.8 Å². The first-order valence-electron chi connectivity index (χ1n) is 7.81. The van der Waals surface area contributed by atoms with Gasteiger partial charge in [-0.25, -0.2) is 0 Å².